The van der Waals surface area contributed by atoms with Gasteiger partial charge in [0.05, 0.1) is 23.3 Å². The number of nitriles is 1. The van der Waals surface area contributed by atoms with Crippen molar-refractivity contribution in [1.82, 2.24) is 0 Å². The van der Waals surface area contributed by atoms with E-state index in [1.54, 1.807) is 18.2 Å². The molecule has 1 fully saturated rings. The maximum atomic E-state index is 11.5. The molecule has 18 heavy (non-hydrogen) atoms. The van der Waals surface area contributed by atoms with Crippen molar-refractivity contribution in [2.45, 2.75) is 25.9 Å². The SMILES string of the molecule is CC(=O)c1ccc(C#N)cc1OCC1CCCO1. The quantitative estimate of drug-likeness (QED) is 0.764. The summed E-state index contributed by atoms with van der Waals surface area (Å²) < 4.78 is 11.1. The van der Waals surface area contributed by atoms with Crippen molar-refractivity contribution in [2.24, 2.45) is 0 Å². The maximum absolute atomic E-state index is 11.5. The zero-order chi connectivity index (χ0) is 13.0. The number of nitrogens with zero attached hydrogens (tertiary/aromatic N) is 1. The van der Waals surface area contributed by atoms with Crippen LogP contribution in [-0.2, 0) is 4.74 Å². The third-order valence-electron chi connectivity index (χ3n) is 2.94. The minimum absolute atomic E-state index is 0.0677. The summed E-state index contributed by atoms with van der Waals surface area (Å²) in [6, 6.07) is 6.89. The molecule has 1 atom stereocenters. The van der Waals surface area contributed by atoms with Gasteiger partial charge in [-0.3, -0.25) is 4.79 Å². The molecule has 4 heteroatoms. The summed E-state index contributed by atoms with van der Waals surface area (Å²) >= 11 is 0. The number of carbonyl (C=O) groups is 1. The Bertz CT molecular complexity index is 484. The number of rotatable bonds is 4. The van der Waals surface area contributed by atoms with E-state index in [-0.39, 0.29) is 11.9 Å². The van der Waals surface area contributed by atoms with Gasteiger partial charge in [-0.2, -0.15) is 5.26 Å². The molecule has 1 unspecified atom stereocenters. The molecule has 1 aliphatic heterocycles. The van der Waals surface area contributed by atoms with Crippen molar-refractivity contribution in [3.05, 3.63) is 29.3 Å². The molecule has 1 aliphatic rings. The summed E-state index contributed by atoms with van der Waals surface area (Å²) in [7, 11) is 0. The average molecular weight is 245 g/mol. The fraction of sp³-hybridized carbons (Fsp3) is 0.429. The summed E-state index contributed by atoms with van der Waals surface area (Å²) in [4.78, 5) is 11.5. The lowest BCUT2D eigenvalue weighted by molar-refractivity contribution is 0.0672. The molecule has 0 N–H and O–H groups in total. The Labute approximate surface area is 106 Å². The summed E-state index contributed by atoms with van der Waals surface area (Å²) in [6.45, 7) is 2.68. The van der Waals surface area contributed by atoms with Crippen LogP contribution in [0.2, 0.25) is 0 Å². The van der Waals surface area contributed by atoms with E-state index in [1.807, 2.05) is 6.07 Å². The lowest BCUT2D eigenvalue weighted by atomic mass is 10.1. The van der Waals surface area contributed by atoms with Crippen molar-refractivity contribution in [2.75, 3.05) is 13.2 Å². The van der Waals surface area contributed by atoms with Crippen LogP contribution in [0.4, 0.5) is 0 Å². The number of ether oxygens (including phenoxy) is 2. The first-order chi connectivity index (χ1) is 8.70. The fourth-order valence-corrected chi connectivity index (χ4v) is 1.96. The van der Waals surface area contributed by atoms with E-state index in [0.717, 1.165) is 19.4 Å². The molecule has 2 rings (SSSR count). The second kappa shape index (κ2) is 5.65. The van der Waals surface area contributed by atoms with Crippen LogP contribution in [0.25, 0.3) is 0 Å². The van der Waals surface area contributed by atoms with Gasteiger partial charge in [-0.05, 0) is 38.0 Å². The highest BCUT2D eigenvalue weighted by Crippen LogP contribution is 2.22. The van der Waals surface area contributed by atoms with Crippen LogP contribution in [0.1, 0.15) is 35.7 Å². The Morgan fingerprint density at radius 1 is 1.61 bits per heavy atom. The van der Waals surface area contributed by atoms with Crippen molar-refractivity contribution in [3.8, 4) is 11.8 Å². The molecule has 0 radical (unpaired) electrons. The van der Waals surface area contributed by atoms with Crippen molar-refractivity contribution in [1.29, 1.82) is 5.26 Å². The second-order valence-electron chi connectivity index (χ2n) is 4.32. The second-order valence-corrected chi connectivity index (χ2v) is 4.32. The molecule has 94 valence electrons. The van der Waals surface area contributed by atoms with E-state index in [0.29, 0.717) is 23.5 Å². The van der Waals surface area contributed by atoms with Gasteiger partial charge in [0, 0.05) is 6.61 Å². The molecule has 1 saturated heterocycles. The van der Waals surface area contributed by atoms with Crippen LogP contribution in [-0.4, -0.2) is 25.1 Å². The van der Waals surface area contributed by atoms with Crippen LogP contribution in [0.3, 0.4) is 0 Å². The maximum Gasteiger partial charge on any atom is 0.163 e. The molecule has 0 aliphatic carbocycles. The van der Waals surface area contributed by atoms with Gasteiger partial charge in [0.1, 0.15) is 12.4 Å². The molecule has 1 aromatic carbocycles. The molecule has 1 heterocycles. The number of Topliss-reactive ketones (excluding diaryl/α,β-unsaturated/α-hetero) is 1. The molecular formula is C14H15NO3. The number of ketones is 1. The van der Waals surface area contributed by atoms with Crippen molar-refractivity contribution < 1.29 is 14.3 Å². The Kier molecular flexibility index (Phi) is 3.96. The van der Waals surface area contributed by atoms with Crippen LogP contribution < -0.4 is 4.74 Å². The van der Waals surface area contributed by atoms with Crippen LogP contribution >= 0.6 is 0 Å². The van der Waals surface area contributed by atoms with E-state index >= 15 is 0 Å². The van der Waals surface area contributed by atoms with Gasteiger partial charge in [-0.15, -0.1) is 0 Å². The predicted octanol–water partition coefficient (Wildman–Crippen LogP) is 2.32. The van der Waals surface area contributed by atoms with Crippen molar-refractivity contribution >= 4 is 5.78 Å². The largest absolute Gasteiger partial charge is 0.490 e. The fourth-order valence-electron chi connectivity index (χ4n) is 1.96. The lowest BCUT2D eigenvalue weighted by Crippen LogP contribution is -2.17. The molecule has 0 saturated carbocycles. The number of carbonyl (C=O) groups excluding carboxylic acids is 1. The van der Waals surface area contributed by atoms with E-state index < -0.39 is 0 Å². The van der Waals surface area contributed by atoms with E-state index in [9.17, 15) is 4.79 Å². The summed E-state index contributed by atoms with van der Waals surface area (Å²) in [6.07, 6.45) is 2.12. The highest BCUT2D eigenvalue weighted by atomic mass is 16.5. The third-order valence-corrected chi connectivity index (χ3v) is 2.94. The first kappa shape index (κ1) is 12.6. The van der Waals surface area contributed by atoms with Crippen molar-refractivity contribution in [3.63, 3.8) is 0 Å². The Hall–Kier alpha value is -1.86. The zero-order valence-electron chi connectivity index (χ0n) is 10.3. The standard InChI is InChI=1S/C14H15NO3/c1-10(16)13-5-4-11(8-15)7-14(13)18-9-12-3-2-6-17-12/h4-5,7,12H,2-3,6,9H2,1H3. The van der Waals surface area contributed by atoms with E-state index in [4.69, 9.17) is 14.7 Å². The number of hydrogen-bond donors (Lipinski definition) is 0. The summed E-state index contributed by atoms with van der Waals surface area (Å²) in [5, 5.41) is 8.86. The molecule has 0 aromatic heterocycles. The highest BCUT2D eigenvalue weighted by molar-refractivity contribution is 5.97. The van der Waals surface area contributed by atoms with Gasteiger partial charge >= 0.3 is 0 Å². The minimum Gasteiger partial charge on any atom is -0.490 e. The highest BCUT2D eigenvalue weighted by Gasteiger charge is 2.17. The molecule has 0 bridgehead atoms. The van der Waals surface area contributed by atoms with E-state index in [1.165, 1.54) is 6.92 Å². The van der Waals surface area contributed by atoms with E-state index in [2.05, 4.69) is 0 Å². The van der Waals surface area contributed by atoms with Crippen LogP contribution in [0.5, 0.6) is 5.75 Å². The van der Waals surface area contributed by atoms with Crippen LogP contribution in [0, 0.1) is 11.3 Å². The zero-order valence-corrected chi connectivity index (χ0v) is 10.3. The predicted molar refractivity (Wildman–Crippen MR) is 65.6 cm³/mol. The van der Waals surface area contributed by atoms with Gasteiger partial charge in [0.2, 0.25) is 0 Å². The number of benzene rings is 1. The van der Waals surface area contributed by atoms with Gasteiger partial charge in [0.25, 0.3) is 0 Å². The molecule has 0 spiro atoms. The Morgan fingerprint density at radius 3 is 3.06 bits per heavy atom. The molecular weight excluding hydrogens is 230 g/mol. The van der Waals surface area contributed by atoms with Gasteiger partial charge in [-0.25, -0.2) is 0 Å². The molecule has 4 nitrogen and oxygen atoms in total. The average Bonchev–Trinajstić information content (AvgIpc) is 2.88. The molecule has 0 amide bonds. The van der Waals surface area contributed by atoms with Crippen LogP contribution in [0.15, 0.2) is 18.2 Å². The normalized spacial score (nSPS) is 18.3. The first-order valence-electron chi connectivity index (χ1n) is 6.00. The topological polar surface area (TPSA) is 59.3 Å². The molecule has 1 aromatic rings. The number of hydrogen-bond acceptors (Lipinski definition) is 4. The van der Waals surface area contributed by atoms with Gasteiger partial charge in [0.15, 0.2) is 5.78 Å². The third kappa shape index (κ3) is 2.88. The first-order valence-corrected chi connectivity index (χ1v) is 6.00. The smallest absolute Gasteiger partial charge is 0.163 e. The Morgan fingerprint density at radius 2 is 2.44 bits per heavy atom. The summed E-state index contributed by atoms with van der Waals surface area (Å²) in [5.41, 5.74) is 0.995. The Balaban J connectivity index is 2.13. The summed E-state index contributed by atoms with van der Waals surface area (Å²) in [5.74, 6) is 0.402. The van der Waals surface area contributed by atoms with Gasteiger partial charge in [-0.1, -0.05) is 0 Å². The monoisotopic (exact) mass is 245 g/mol. The van der Waals surface area contributed by atoms with Gasteiger partial charge < -0.3 is 9.47 Å². The minimum atomic E-state index is -0.0677. The lowest BCUT2D eigenvalue weighted by Gasteiger charge is -2.13.